The second kappa shape index (κ2) is 5.16. The Balaban J connectivity index is 2.02. The smallest absolute Gasteiger partial charge is 0.162 e. The highest BCUT2D eigenvalue weighted by atomic mass is 32.2. The Bertz CT molecular complexity index is 395. The van der Waals surface area contributed by atoms with Gasteiger partial charge in [-0.3, -0.25) is 0 Å². The minimum Gasteiger partial charge on any atom is -0.486 e. The molecule has 1 aromatic rings. The van der Waals surface area contributed by atoms with E-state index in [1.54, 1.807) is 18.7 Å². The van der Waals surface area contributed by atoms with Crippen LogP contribution in [0.15, 0.2) is 23.1 Å². The molecule has 1 aliphatic heterocycles. The zero-order valence-corrected chi connectivity index (χ0v) is 10.6. The first-order chi connectivity index (χ1) is 8.11. The third-order valence-electron chi connectivity index (χ3n) is 2.50. The van der Waals surface area contributed by atoms with Gasteiger partial charge in [-0.05, 0) is 25.1 Å². The zero-order chi connectivity index (χ0) is 12.3. The maximum Gasteiger partial charge on any atom is 0.162 e. The van der Waals surface area contributed by atoms with E-state index in [9.17, 15) is 5.11 Å². The van der Waals surface area contributed by atoms with Crippen molar-refractivity contribution in [3.63, 3.8) is 0 Å². The highest BCUT2D eigenvalue weighted by Crippen LogP contribution is 2.34. The van der Waals surface area contributed by atoms with E-state index in [2.05, 4.69) is 0 Å². The van der Waals surface area contributed by atoms with Crippen LogP contribution >= 0.6 is 11.8 Å². The van der Waals surface area contributed by atoms with Crippen molar-refractivity contribution in [2.24, 2.45) is 5.73 Å². The summed E-state index contributed by atoms with van der Waals surface area (Å²) in [6.45, 7) is 3.17. The topological polar surface area (TPSA) is 64.7 Å². The van der Waals surface area contributed by atoms with Crippen molar-refractivity contribution in [1.29, 1.82) is 0 Å². The third kappa shape index (κ3) is 3.28. The van der Waals surface area contributed by atoms with Crippen molar-refractivity contribution < 1.29 is 14.6 Å². The van der Waals surface area contributed by atoms with Crippen molar-refractivity contribution in [3.8, 4) is 11.5 Å². The van der Waals surface area contributed by atoms with Gasteiger partial charge < -0.3 is 20.3 Å². The number of thioether (sulfide) groups is 1. The summed E-state index contributed by atoms with van der Waals surface area (Å²) >= 11 is 1.56. The molecule has 3 N–H and O–H groups in total. The third-order valence-corrected chi connectivity index (χ3v) is 3.86. The molecule has 0 spiro atoms. The zero-order valence-electron chi connectivity index (χ0n) is 9.81. The Hall–Kier alpha value is -0.910. The average Bonchev–Trinajstić information content (AvgIpc) is 2.36. The molecule has 0 aromatic heterocycles. The standard InChI is InChI=1S/C12H17NO3S/c1-12(14,7-13)8-17-9-2-3-10-11(6-9)16-5-4-15-10/h2-3,6,14H,4-5,7-8,13H2,1H3. The SMILES string of the molecule is CC(O)(CN)CSc1ccc2c(c1)OCCO2. The number of aliphatic hydroxyl groups is 1. The first-order valence-electron chi connectivity index (χ1n) is 5.56. The van der Waals surface area contributed by atoms with Crippen LogP contribution in [0.5, 0.6) is 11.5 Å². The van der Waals surface area contributed by atoms with E-state index in [4.69, 9.17) is 15.2 Å². The molecule has 1 atom stereocenters. The predicted molar refractivity (Wildman–Crippen MR) is 67.8 cm³/mol. The van der Waals surface area contributed by atoms with E-state index in [0.717, 1.165) is 16.4 Å². The number of fused-ring (bicyclic) bond motifs is 1. The minimum absolute atomic E-state index is 0.255. The molecule has 1 aromatic carbocycles. The molecule has 94 valence electrons. The van der Waals surface area contributed by atoms with E-state index in [0.29, 0.717) is 19.0 Å². The highest BCUT2D eigenvalue weighted by Gasteiger charge is 2.19. The van der Waals surface area contributed by atoms with E-state index >= 15 is 0 Å². The molecule has 4 nitrogen and oxygen atoms in total. The molecular weight excluding hydrogens is 238 g/mol. The van der Waals surface area contributed by atoms with Gasteiger partial charge in [-0.2, -0.15) is 0 Å². The first kappa shape index (κ1) is 12.5. The number of nitrogens with two attached hydrogens (primary N) is 1. The van der Waals surface area contributed by atoms with Crippen LogP contribution < -0.4 is 15.2 Å². The minimum atomic E-state index is -0.835. The second-order valence-corrected chi connectivity index (χ2v) is 5.34. The molecule has 5 heteroatoms. The molecule has 0 saturated carbocycles. The maximum atomic E-state index is 9.82. The molecule has 1 unspecified atom stereocenters. The Morgan fingerprint density at radius 3 is 2.76 bits per heavy atom. The van der Waals surface area contributed by atoms with Crippen LogP contribution in [0.25, 0.3) is 0 Å². The molecule has 0 fully saturated rings. The summed E-state index contributed by atoms with van der Waals surface area (Å²) < 4.78 is 10.9. The summed E-state index contributed by atoms with van der Waals surface area (Å²) in [4.78, 5) is 1.04. The lowest BCUT2D eigenvalue weighted by molar-refractivity contribution is 0.0949. The second-order valence-electron chi connectivity index (χ2n) is 4.30. The van der Waals surface area contributed by atoms with Crippen molar-refractivity contribution in [1.82, 2.24) is 0 Å². The number of hydrogen-bond donors (Lipinski definition) is 2. The Morgan fingerprint density at radius 2 is 2.06 bits per heavy atom. The van der Waals surface area contributed by atoms with Crippen molar-refractivity contribution >= 4 is 11.8 Å². The summed E-state index contributed by atoms with van der Waals surface area (Å²) in [5.74, 6) is 2.11. The van der Waals surface area contributed by atoms with E-state index in [-0.39, 0.29) is 6.54 Å². The monoisotopic (exact) mass is 255 g/mol. The summed E-state index contributed by atoms with van der Waals surface area (Å²) in [6.07, 6.45) is 0. The number of hydrogen-bond acceptors (Lipinski definition) is 5. The van der Waals surface area contributed by atoms with Gasteiger partial charge in [0.2, 0.25) is 0 Å². The van der Waals surface area contributed by atoms with Gasteiger partial charge in [-0.1, -0.05) is 0 Å². The lowest BCUT2D eigenvalue weighted by Gasteiger charge is -2.21. The number of ether oxygens (including phenoxy) is 2. The van der Waals surface area contributed by atoms with Gasteiger partial charge in [0.05, 0.1) is 5.60 Å². The summed E-state index contributed by atoms with van der Waals surface area (Å²) in [6, 6.07) is 5.80. The first-order valence-corrected chi connectivity index (χ1v) is 6.54. The van der Waals surface area contributed by atoms with Crippen molar-refractivity contribution in [3.05, 3.63) is 18.2 Å². The van der Waals surface area contributed by atoms with Crippen LogP contribution in [0.1, 0.15) is 6.92 Å². The van der Waals surface area contributed by atoms with Crippen LogP contribution in [0.4, 0.5) is 0 Å². The maximum absolute atomic E-state index is 9.82. The molecule has 0 radical (unpaired) electrons. The van der Waals surface area contributed by atoms with Crippen molar-refractivity contribution in [2.75, 3.05) is 25.5 Å². The molecule has 0 aliphatic carbocycles. The van der Waals surface area contributed by atoms with Gasteiger partial charge >= 0.3 is 0 Å². The normalized spacial score (nSPS) is 17.6. The molecule has 0 saturated heterocycles. The van der Waals surface area contributed by atoms with Crippen LogP contribution in [0.3, 0.4) is 0 Å². The van der Waals surface area contributed by atoms with E-state index < -0.39 is 5.60 Å². The van der Waals surface area contributed by atoms with Crippen molar-refractivity contribution in [2.45, 2.75) is 17.4 Å². The van der Waals surface area contributed by atoms with Crippen LogP contribution in [-0.2, 0) is 0 Å². The Morgan fingerprint density at radius 1 is 1.35 bits per heavy atom. The largest absolute Gasteiger partial charge is 0.486 e. The lowest BCUT2D eigenvalue weighted by Crippen LogP contribution is -2.36. The van der Waals surface area contributed by atoms with Gasteiger partial charge in [0.1, 0.15) is 13.2 Å². The fraction of sp³-hybridized carbons (Fsp3) is 0.500. The van der Waals surface area contributed by atoms with Crippen LogP contribution in [-0.4, -0.2) is 36.2 Å². The van der Waals surface area contributed by atoms with Crippen LogP contribution in [0, 0.1) is 0 Å². The quantitative estimate of drug-likeness (QED) is 0.793. The highest BCUT2D eigenvalue weighted by molar-refractivity contribution is 7.99. The summed E-state index contributed by atoms with van der Waals surface area (Å²) in [7, 11) is 0. The molecule has 0 bridgehead atoms. The molecule has 0 amide bonds. The molecule has 2 rings (SSSR count). The summed E-state index contributed by atoms with van der Waals surface area (Å²) in [5.41, 5.74) is 4.64. The van der Waals surface area contributed by atoms with Gasteiger partial charge in [0.25, 0.3) is 0 Å². The van der Waals surface area contributed by atoms with Crippen LogP contribution in [0.2, 0.25) is 0 Å². The van der Waals surface area contributed by atoms with E-state index in [1.165, 1.54) is 0 Å². The van der Waals surface area contributed by atoms with Gasteiger partial charge in [0.15, 0.2) is 11.5 Å². The molecule has 1 heterocycles. The van der Waals surface area contributed by atoms with Gasteiger partial charge in [-0.25, -0.2) is 0 Å². The summed E-state index contributed by atoms with van der Waals surface area (Å²) in [5, 5.41) is 9.82. The molecule has 17 heavy (non-hydrogen) atoms. The fourth-order valence-corrected chi connectivity index (χ4v) is 2.36. The molecular formula is C12H17NO3S. The lowest BCUT2D eigenvalue weighted by atomic mass is 10.1. The number of rotatable bonds is 4. The Labute approximate surface area is 105 Å². The average molecular weight is 255 g/mol. The Kier molecular flexibility index (Phi) is 3.81. The molecule has 1 aliphatic rings. The fourth-order valence-electron chi connectivity index (χ4n) is 1.41. The number of benzene rings is 1. The van der Waals surface area contributed by atoms with Gasteiger partial charge in [0, 0.05) is 17.2 Å². The predicted octanol–water partition coefficient (Wildman–Crippen LogP) is 1.26. The van der Waals surface area contributed by atoms with Gasteiger partial charge in [-0.15, -0.1) is 11.8 Å². The van der Waals surface area contributed by atoms with E-state index in [1.807, 2.05) is 18.2 Å².